The average Bonchev–Trinajstić information content (AvgIpc) is 2.32. The molecule has 16 heavy (non-hydrogen) atoms. The summed E-state index contributed by atoms with van der Waals surface area (Å²) in [5, 5.41) is 3.23. The molecule has 0 radical (unpaired) electrons. The van der Waals surface area contributed by atoms with Gasteiger partial charge in [-0.1, -0.05) is 6.07 Å². The lowest BCUT2D eigenvalue weighted by atomic mass is 10.1. The number of nitrogens with one attached hydrogen (secondary N) is 1. The van der Waals surface area contributed by atoms with E-state index in [9.17, 15) is 8.78 Å². The van der Waals surface area contributed by atoms with Gasteiger partial charge in [0, 0.05) is 13.1 Å². The minimum absolute atomic E-state index is 0.182. The highest BCUT2D eigenvalue weighted by Gasteiger charge is 2.13. The molecule has 0 saturated carbocycles. The van der Waals surface area contributed by atoms with Crippen molar-refractivity contribution >= 4 is 0 Å². The van der Waals surface area contributed by atoms with Crippen molar-refractivity contribution in [2.24, 2.45) is 0 Å². The molecule has 1 aromatic carbocycles. The lowest BCUT2D eigenvalue weighted by Crippen LogP contribution is -2.38. The van der Waals surface area contributed by atoms with Crippen LogP contribution < -0.4 is 5.32 Å². The molecule has 2 nitrogen and oxygen atoms in total. The van der Waals surface area contributed by atoms with Crippen LogP contribution in [0.15, 0.2) is 18.2 Å². The Bertz CT molecular complexity index is 351. The van der Waals surface area contributed by atoms with Crippen LogP contribution in [0.5, 0.6) is 0 Å². The highest BCUT2D eigenvalue weighted by Crippen LogP contribution is 2.12. The molecule has 1 unspecified atom stereocenters. The van der Waals surface area contributed by atoms with Crippen molar-refractivity contribution in [3.8, 4) is 0 Å². The Kier molecular flexibility index (Phi) is 3.85. The quantitative estimate of drug-likeness (QED) is 0.851. The number of morpholine rings is 1. The van der Waals surface area contributed by atoms with Crippen LogP contribution in [-0.2, 0) is 11.2 Å². The maximum atomic E-state index is 12.9. The van der Waals surface area contributed by atoms with Gasteiger partial charge >= 0.3 is 0 Å². The third-order valence-electron chi connectivity index (χ3n) is 2.74. The Hall–Kier alpha value is -1.00. The van der Waals surface area contributed by atoms with Gasteiger partial charge < -0.3 is 10.1 Å². The Morgan fingerprint density at radius 1 is 1.31 bits per heavy atom. The van der Waals surface area contributed by atoms with Crippen molar-refractivity contribution in [2.45, 2.75) is 18.9 Å². The molecule has 1 atom stereocenters. The van der Waals surface area contributed by atoms with Crippen molar-refractivity contribution in [1.29, 1.82) is 0 Å². The number of halogens is 2. The predicted molar refractivity (Wildman–Crippen MR) is 57.3 cm³/mol. The maximum absolute atomic E-state index is 12.9. The lowest BCUT2D eigenvalue weighted by molar-refractivity contribution is 0.0238. The second kappa shape index (κ2) is 5.37. The molecule has 1 N–H and O–H groups in total. The summed E-state index contributed by atoms with van der Waals surface area (Å²) in [7, 11) is 0. The fraction of sp³-hybridized carbons (Fsp3) is 0.500. The largest absolute Gasteiger partial charge is 0.376 e. The van der Waals surface area contributed by atoms with Gasteiger partial charge in [-0.15, -0.1) is 0 Å². The molecular formula is C12H15F2NO. The molecule has 0 amide bonds. The van der Waals surface area contributed by atoms with Gasteiger partial charge in [-0.25, -0.2) is 8.78 Å². The predicted octanol–water partition coefficient (Wildman–Crippen LogP) is 1.89. The second-order valence-corrected chi connectivity index (χ2v) is 3.98. The summed E-state index contributed by atoms with van der Waals surface area (Å²) in [4.78, 5) is 0. The monoisotopic (exact) mass is 227 g/mol. The van der Waals surface area contributed by atoms with E-state index in [1.165, 1.54) is 12.1 Å². The van der Waals surface area contributed by atoms with Crippen LogP contribution in [0.25, 0.3) is 0 Å². The van der Waals surface area contributed by atoms with Gasteiger partial charge in [-0.3, -0.25) is 0 Å². The second-order valence-electron chi connectivity index (χ2n) is 3.98. The first-order chi connectivity index (χ1) is 7.75. The summed E-state index contributed by atoms with van der Waals surface area (Å²) in [5.41, 5.74) is 0.813. The summed E-state index contributed by atoms with van der Waals surface area (Å²) < 4.78 is 31.1. The number of benzene rings is 1. The molecule has 1 aliphatic rings. The number of rotatable bonds is 3. The lowest BCUT2D eigenvalue weighted by Gasteiger charge is -2.23. The Balaban J connectivity index is 1.86. The van der Waals surface area contributed by atoms with E-state index in [4.69, 9.17) is 4.74 Å². The van der Waals surface area contributed by atoms with Crippen molar-refractivity contribution in [1.82, 2.24) is 5.32 Å². The van der Waals surface area contributed by atoms with Crippen LogP contribution in [0.1, 0.15) is 12.0 Å². The molecule has 0 aliphatic carbocycles. The highest BCUT2D eigenvalue weighted by atomic mass is 19.2. The Morgan fingerprint density at radius 3 is 2.88 bits per heavy atom. The van der Waals surface area contributed by atoms with Gasteiger partial charge in [0.25, 0.3) is 0 Å². The van der Waals surface area contributed by atoms with Crippen LogP contribution in [0, 0.1) is 11.6 Å². The third kappa shape index (κ3) is 3.00. The number of ether oxygens (including phenoxy) is 1. The first kappa shape index (κ1) is 11.5. The molecule has 1 aromatic rings. The van der Waals surface area contributed by atoms with Crippen molar-refractivity contribution in [2.75, 3.05) is 19.7 Å². The topological polar surface area (TPSA) is 21.3 Å². The standard InChI is InChI=1S/C12H15F2NO/c13-11-4-2-9(7-12(11)14)1-3-10-8-15-5-6-16-10/h2,4,7,10,15H,1,3,5-6,8H2. The van der Waals surface area contributed by atoms with E-state index in [1.54, 1.807) is 6.07 Å². The van der Waals surface area contributed by atoms with Gasteiger partial charge in [-0.2, -0.15) is 0 Å². The van der Waals surface area contributed by atoms with E-state index < -0.39 is 11.6 Å². The molecule has 88 valence electrons. The van der Waals surface area contributed by atoms with Gasteiger partial charge in [0.1, 0.15) is 0 Å². The zero-order valence-corrected chi connectivity index (χ0v) is 9.01. The average molecular weight is 227 g/mol. The number of aryl methyl sites for hydroxylation is 1. The molecule has 1 saturated heterocycles. The Morgan fingerprint density at radius 2 is 2.19 bits per heavy atom. The van der Waals surface area contributed by atoms with Gasteiger partial charge in [0.15, 0.2) is 11.6 Å². The molecule has 0 bridgehead atoms. The third-order valence-corrected chi connectivity index (χ3v) is 2.74. The van der Waals surface area contributed by atoms with Gasteiger partial charge in [0.2, 0.25) is 0 Å². The summed E-state index contributed by atoms with van der Waals surface area (Å²) >= 11 is 0. The molecular weight excluding hydrogens is 212 g/mol. The highest BCUT2D eigenvalue weighted by molar-refractivity contribution is 5.17. The SMILES string of the molecule is Fc1ccc(CCC2CNCCO2)cc1F. The van der Waals surface area contributed by atoms with Crippen LogP contribution in [0.2, 0.25) is 0 Å². The molecule has 4 heteroatoms. The minimum atomic E-state index is -0.792. The van der Waals surface area contributed by atoms with Crippen LogP contribution in [0.3, 0.4) is 0 Å². The van der Waals surface area contributed by atoms with E-state index >= 15 is 0 Å². The fourth-order valence-corrected chi connectivity index (χ4v) is 1.83. The van der Waals surface area contributed by atoms with Crippen LogP contribution >= 0.6 is 0 Å². The summed E-state index contributed by atoms with van der Waals surface area (Å²) in [6.45, 7) is 2.45. The smallest absolute Gasteiger partial charge is 0.159 e. The molecule has 0 spiro atoms. The molecule has 1 heterocycles. The van der Waals surface area contributed by atoms with E-state index in [1.807, 2.05) is 0 Å². The summed E-state index contributed by atoms with van der Waals surface area (Å²) in [6.07, 6.45) is 1.73. The normalized spacial score (nSPS) is 21.0. The number of hydrogen-bond donors (Lipinski definition) is 1. The molecule has 1 fully saturated rings. The van der Waals surface area contributed by atoms with Crippen LogP contribution in [-0.4, -0.2) is 25.8 Å². The van der Waals surface area contributed by atoms with Crippen LogP contribution in [0.4, 0.5) is 8.78 Å². The number of hydrogen-bond acceptors (Lipinski definition) is 2. The molecule has 0 aromatic heterocycles. The zero-order chi connectivity index (χ0) is 11.4. The fourth-order valence-electron chi connectivity index (χ4n) is 1.83. The molecule has 1 aliphatic heterocycles. The van der Waals surface area contributed by atoms with E-state index in [0.29, 0.717) is 6.42 Å². The molecule has 2 rings (SSSR count). The van der Waals surface area contributed by atoms with Crippen molar-refractivity contribution < 1.29 is 13.5 Å². The van der Waals surface area contributed by atoms with Crippen molar-refractivity contribution in [3.05, 3.63) is 35.4 Å². The first-order valence-electron chi connectivity index (χ1n) is 5.52. The van der Waals surface area contributed by atoms with E-state index in [0.717, 1.165) is 31.7 Å². The Labute approximate surface area is 93.6 Å². The summed E-state index contributed by atoms with van der Waals surface area (Å²) in [6, 6.07) is 4.05. The van der Waals surface area contributed by atoms with E-state index in [2.05, 4.69) is 5.32 Å². The van der Waals surface area contributed by atoms with Crippen molar-refractivity contribution in [3.63, 3.8) is 0 Å². The van der Waals surface area contributed by atoms with Gasteiger partial charge in [-0.05, 0) is 30.5 Å². The maximum Gasteiger partial charge on any atom is 0.159 e. The first-order valence-corrected chi connectivity index (χ1v) is 5.52. The van der Waals surface area contributed by atoms with Gasteiger partial charge in [0.05, 0.1) is 12.7 Å². The van der Waals surface area contributed by atoms with E-state index in [-0.39, 0.29) is 6.10 Å². The minimum Gasteiger partial charge on any atom is -0.376 e. The zero-order valence-electron chi connectivity index (χ0n) is 9.01. The summed E-state index contributed by atoms with van der Waals surface area (Å²) in [5.74, 6) is -1.57.